The number of nitrogens with zero attached hydrogens (tertiary/aromatic N) is 6. The van der Waals surface area contributed by atoms with E-state index in [1.165, 1.54) is 6.33 Å². The Morgan fingerprint density at radius 1 is 1.29 bits per heavy atom. The van der Waals surface area contributed by atoms with Gasteiger partial charge in [-0.15, -0.1) is 0 Å². The first-order chi connectivity index (χ1) is 13.5. The highest BCUT2D eigenvalue weighted by Crippen LogP contribution is 2.34. The van der Waals surface area contributed by atoms with Gasteiger partial charge in [-0.2, -0.15) is 9.78 Å². The number of benzene rings is 1. The van der Waals surface area contributed by atoms with Crippen molar-refractivity contribution in [2.45, 2.75) is 25.8 Å². The van der Waals surface area contributed by atoms with Gasteiger partial charge < -0.3 is 4.90 Å². The monoisotopic (exact) mass is 508 g/mol. The summed E-state index contributed by atoms with van der Waals surface area (Å²) in [5, 5.41) is 4.82. The molecule has 4 rings (SSSR count). The van der Waals surface area contributed by atoms with Gasteiger partial charge in [0.1, 0.15) is 6.33 Å². The number of hydrogen-bond donors (Lipinski definition) is 0. The third-order valence-corrected chi connectivity index (χ3v) is 5.52. The fraction of sp³-hybridized carbons (Fsp3) is 0.316. The molecule has 2 heterocycles. The molecule has 0 aliphatic heterocycles. The fourth-order valence-electron chi connectivity index (χ4n) is 3.07. The molecule has 1 atom stereocenters. The SMILES string of the molecule is CC(c1ncnn1-c1ncccn1)N(CC1CC1)C(=O)c1cc(Cl)cc(I)c1. The highest BCUT2D eigenvalue weighted by Gasteiger charge is 2.33. The Hall–Kier alpha value is -2.07. The number of amides is 1. The first kappa shape index (κ1) is 19.3. The van der Waals surface area contributed by atoms with Crippen LogP contribution < -0.4 is 0 Å². The van der Waals surface area contributed by atoms with Gasteiger partial charge in [-0.05, 0) is 72.5 Å². The lowest BCUT2D eigenvalue weighted by molar-refractivity contribution is 0.0670. The number of hydrogen-bond acceptors (Lipinski definition) is 5. The summed E-state index contributed by atoms with van der Waals surface area (Å²) in [6.45, 7) is 2.63. The maximum atomic E-state index is 13.4. The number of carbonyl (C=O) groups is 1. The van der Waals surface area contributed by atoms with E-state index in [1.807, 2.05) is 24.0 Å². The second-order valence-electron chi connectivity index (χ2n) is 6.81. The Morgan fingerprint density at radius 3 is 2.71 bits per heavy atom. The summed E-state index contributed by atoms with van der Waals surface area (Å²) in [5.41, 5.74) is 0.575. The lowest BCUT2D eigenvalue weighted by Crippen LogP contribution is -2.36. The van der Waals surface area contributed by atoms with E-state index in [0.717, 1.165) is 16.4 Å². The second-order valence-corrected chi connectivity index (χ2v) is 8.50. The highest BCUT2D eigenvalue weighted by atomic mass is 127. The second kappa shape index (κ2) is 8.12. The van der Waals surface area contributed by atoms with Crippen LogP contribution in [-0.2, 0) is 0 Å². The molecule has 1 aliphatic carbocycles. The van der Waals surface area contributed by atoms with Crippen molar-refractivity contribution in [3.63, 3.8) is 0 Å². The van der Waals surface area contributed by atoms with E-state index in [0.29, 0.717) is 34.8 Å². The van der Waals surface area contributed by atoms with Crippen molar-refractivity contribution in [1.82, 2.24) is 29.6 Å². The standard InChI is InChI=1S/C19H18ClIN6O/c1-12(17-24-11-25-27(17)19-22-5-2-6-23-19)26(10-13-3-4-13)18(28)14-7-15(20)9-16(21)8-14/h2,5-9,11-13H,3-4,10H2,1H3. The summed E-state index contributed by atoms with van der Waals surface area (Å²) in [4.78, 5) is 28.1. The molecular formula is C19H18ClIN6O. The smallest absolute Gasteiger partial charge is 0.254 e. The van der Waals surface area contributed by atoms with Gasteiger partial charge in [0, 0.05) is 33.1 Å². The molecule has 0 radical (unpaired) electrons. The van der Waals surface area contributed by atoms with Crippen LogP contribution in [0.1, 0.15) is 42.0 Å². The molecule has 3 aromatic rings. The first-order valence-corrected chi connectivity index (χ1v) is 10.4. The molecule has 0 bridgehead atoms. The number of carbonyl (C=O) groups excluding carboxylic acids is 1. The predicted molar refractivity (Wildman–Crippen MR) is 113 cm³/mol. The van der Waals surface area contributed by atoms with Crippen LogP contribution in [0.3, 0.4) is 0 Å². The normalized spacial score (nSPS) is 14.7. The molecule has 0 saturated heterocycles. The minimum Gasteiger partial charge on any atom is -0.328 e. The largest absolute Gasteiger partial charge is 0.328 e. The van der Waals surface area contributed by atoms with E-state index in [1.54, 1.807) is 29.2 Å². The Labute approximate surface area is 181 Å². The van der Waals surface area contributed by atoms with E-state index >= 15 is 0 Å². The number of aromatic nitrogens is 5. The van der Waals surface area contributed by atoms with Crippen LogP contribution in [0.5, 0.6) is 0 Å². The molecule has 1 aromatic carbocycles. The zero-order valence-corrected chi connectivity index (χ0v) is 18.1. The average Bonchev–Trinajstić information content (AvgIpc) is 3.37. The minimum absolute atomic E-state index is 0.0663. The van der Waals surface area contributed by atoms with E-state index in [-0.39, 0.29) is 11.9 Å². The van der Waals surface area contributed by atoms with Crippen LogP contribution in [0.2, 0.25) is 5.02 Å². The summed E-state index contributed by atoms with van der Waals surface area (Å²) in [7, 11) is 0. The van der Waals surface area contributed by atoms with Gasteiger partial charge in [-0.1, -0.05) is 11.6 Å². The van der Waals surface area contributed by atoms with Crippen molar-refractivity contribution >= 4 is 40.1 Å². The number of halogens is 2. The van der Waals surface area contributed by atoms with Gasteiger partial charge in [-0.25, -0.2) is 15.0 Å². The van der Waals surface area contributed by atoms with Crippen LogP contribution in [0.4, 0.5) is 0 Å². The molecule has 1 aliphatic rings. The summed E-state index contributed by atoms with van der Waals surface area (Å²) < 4.78 is 2.51. The molecule has 7 nitrogen and oxygen atoms in total. The summed E-state index contributed by atoms with van der Waals surface area (Å²) in [5.74, 6) is 1.51. The lowest BCUT2D eigenvalue weighted by Gasteiger charge is -2.29. The van der Waals surface area contributed by atoms with Gasteiger partial charge in [0.25, 0.3) is 11.9 Å². The minimum atomic E-state index is -0.295. The van der Waals surface area contributed by atoms with Crippen molar-refractivity contribution in [3.05, 3.63) is 63.0 Å². The summed E-state index contributed by atoms with van der Waals surface area (Å²) >= 11 is 8.35. The van der Waals surface area contributed by atoms with E-state index in [4.69, 9.17) is 11.6 Å². The highest BCUT2D eigenvalue weighted by molar-refractivity contribution is 14.1. The third kappa shape index (κ3) is 4.17. The molecule has 28 heavy (non-hydrogen) atoms. The van der Waals surface area contributed by atoms with Crippen molar-refractivity contribution < 1.29 is 4.79 Å². The molecular weight excluding hydrogens is 491 g/mol. The lowest BCUT2D eigenvalue weighted by atomic mass is 10.1. The predicted octanol–water partition coefficient (Wildman–Crippen LogP) is 3.93. The molecule has 9 heteroatoms. The van der Waals surface area contributed by atoms with Crippen LogP contribution in [0, 0.1) is 9.49 Å². The van der Waals surface area contributed by atoms with Gasteiger partial charge in [-0.3, -0.25) is 4.79 Å². The Kier molecular flexibility index (Phi) is 5.58. The Morgan fingerprint density at radius 2 is 2.04 bits per heavy atom. The maximum absolute atomic E-state index is 13.4. The van der Waals surface area contributed by atoms with Crippen molar-refractivity contribution in [1.29, 1.82) is 0 Å². The molecule has 144 valence electrons. The van der Waals surface area contributed by atoms with Gasteiger partial charge >= 0.3 is 0 Å². The van der Waals surface area contributed by atoms with Crippen LogP contribution in [0.15, 0.2) is 43.0 Å². The van der Waals surface area contributed by atoms with Crippen molar-refractivity contribution in [2.24, 2.45) is 5.92 Å². The van der Waals surface area contributed by atoms with Crippen LogP contribution >= 0.6 is 34.2 Å². The average molecular weight is 509 g/mol. The first-order valence-electron chi connectivity index (χ1n) is 8.97. The van der Waals surface area contributed by atoms with E-state index < -0.39 is 0 Å². The van der Waals surface area contributed by atoms with Gasteiger partial charge in [0.05, 0.1) is 6.04 Å². The number of rotatable bonds is 6. The molecule has 0 spiro atoms. The molecule has 1 saturated carbocycles. The molecule has 1 amide bonds. The van der Waals surface area contributed by atoms with Crippen LogP contribution in [-0.4, -0.2) is 42.1 Å². The zero-order valence-electron chi connectivity index (χ0n) is 15.2. The molecule has 2 aromatic heterocycles. The Balaban J connectivity index is 1.68. The summed E-state index contributed by atoms with van der Waals surface area (Å²) in [6, 6.07) is 6.84. The van der Waals surface area contributed by atoms with Gasteiger partial charge in [0.2, 0.25) is 0 Å². The Bertz CT molecular complexity index is 971. The quantitative estimate of drug-likeness (QED) is 0.472. The summed E-state index contributed by atoms with van der Waals surface area (Å²) in [6.07, 6.45) is 7.04. The van der Waals surface area contributed by atoms with E-state index in [9.17, 15) is 4.79 Å². The fourth-order valence-corrected chi connectivity index (χ4v) is 4.16. The third-order valence-electron chi connectivity index (χ3n) is 4.68. The maximum Gasteiger partial charge on any atom is 0.254 e. The molecule has 1 unspecified atom stereocenters. The van der Waals surface area contributed by atoms with E-state index in [2.05, 4.69) is 42.6 Å². The van der Waals surface area contributed by atoms with Crippen molar-refractivity contribution in [2.75, 3.05) is 6.54 Å². The molecule has 0 N–H and O–H groups in total. The van der Waals surface area contributed by atoms with Crippen molar-refractivity contribution in [3.8, 4) is 5.95 Å². The zero-order chi connectivity index (χ0) is 19.7. The van der Waals surface area contributed by atoms with Gasteiger partial charge in [0.15, 0.2) is 5.82 Å². The molecule has 1 fully saturated rings. The topological polar surface area (TPSA) is 76.8 Å². The van der Waals surface area contributed by atoms with Crippen LogP contribution in [0.25, 0.3) is 5.95 Å².